The molecular weight excluding hydrogens is 469 g/mol. The van der Waals surface area contributed by atoms with Crippen LogP contribution in [-0.4, -0.2) is 48.1 Å². The fourth-order valence-electron chi connectivity index (χ4n) is 4.39. The molecule has 0 amide bonds. The smallest absolute Gasteiger partial charge is 0.156 e. The van der Waals surface area contributed by atoms with E-state index in [0.29, 0.717) is 22.0 Å². The lowest BCUT2D eigenvalue weighted by Crippen LogP contribution is -2.57. The van der Waals surface area contributed by atoms with Gasteiger partial charge < -0.3 is 15.8 Å². The Hall–Kier alpha value is -2.50. The predicted molar refractivity (Wildman–Crippen MR) is 129 cm³/mol. The van der Waals surface area contributed by atoms with Crippen molar-refractivity contribution in [2.45, 2.75) is 29.4 Å². The Balaban J connectivity index is 1.61. The number of pyridine rings is 2. The summed E-state index contributed by atoms with van der Waals surface area (Å²) < 4.78 is 42.0. The molecule has 2 atom stereocenters. The van der Waals surface area contributed by atoms with Crippen LogP contribution in [0.4, 0.5) is 15.9 Å². The minimum Gasteiger partial charge on any atom is -0.386 e. The maximum absolute atomic E-state index is 15.2. The van der Waals surface area contributed by atoms with Gasteiger partial charge in [-0.1, -0.05) is 11.6 Å². The maximum atomic E-state index is 15.2. The zero-order chi connectivity index (χ0) is 23.6. The van der Waals surface area contributed by atoms with E-state index in [1.54, 1.807) is 44.3 Å². The van der Waals surface area contributed by atoms with Crippen LogP contribution in [0.3, 0.4) is 0 Å². The van der Waals surface area contributed by atoms with E-state index in [9.17, 15) is 9.11 Å². The topological polar surface area (TPSA) is 126 Å². The van der Waals surface area contributed by atoms with E-state index in [0.717, 1.165) is 5.39 Å². The molecule has 0 radical (unpaired) electrons. The van der Waals surface area contributed by atoms with Gasteiger partial charge in [-0.2, -0.15) is 10.6 Å². The van der Waals surface area contributed by atoms with Crippen LogP contribution in [0, 0.1) is 5.82 Å². The first-order chi connectivity index (χ1) is 15.6. The van der Waals surface area contributed by atoms with E-state index in [4.69, 9.17) is 22.1 Å². The first kappa shape index (κ1) is 22.3. The molecule has 33 heavy (non-hydrogen) atoms. The Kier molecular flexibility index (Phi) is 5.07. The molecule has 5 rings (SSSR count). The van der Waals surface area contributed by atoms with Crippen LogP contribution >= 0.6 is 22.2 Å². The Morgan fingerprint density at radius 1 is 1.24 bits per heavy atom. The molecule has 0 bridgehead atoms. The van der Waals surface area contributed by atoms with Crippen LogP contribution in [0.15, 0.2) is 47.7 Å². The number of rotatable bonds is 3. The molecule has 2 aliphatic rings. The highest BCUT2D eigenvalue weighted by Gasteiger charge is 2.61. The highest BCUT2D eigenvalue weighted by molar-refractivity contribution is 8.26. The standard InChI is InChI=1S/C22H23ClFN5O3S/c1-21(2)20(25)29-22(11-32-10-17(22)33(21,30)31)15-8-14(3-4-16(15)24)28-19-18-12(5-6-26-19)7-13(23)9-27-18/h3-9,17,30-31H,10-11H2,1-2H3,(H2,25,29)(H,26,28)/t17-,22?/m0/s1. The lowest BCUT2D eigenvalue weighted by Gasteiger charge is -2.56. The van der Waals surface area contributed by atoms with Gasteiger partial charge in [-0.25, -0.2) is 9.37 Å². The van der Waals surface area contributed by atoms with E-state index >= 15 is 4.39 Å². The number of benzene rings is 1. The van der Waals surface area contributed by atoms with Crippen molar-refractivity contribution < 1.29 is 18.2 Å². The zero-order valence-corrected chi connectivity index (χ0v) is 19.5. The Bertz CT molecular complexity index is 1300. The number of nitrogens with one attached hydrogen (secondary N) is 1. The van der Waals surface area contributed by atoms with Gasteiger partial charge in [0.15, 0.2) is 5.82 Å². The minimum absolute atomic E-state index is 0.0166. The van der Waals surface area contributed by atoms with Crippen molar-refractivity contribution in [2.75, 3.05) is 18.5 Å². The van der Waals surface area contributed by atoms with Crippen molar-refractivity contribution >= 4 is 50.4 Å². The van der Waals surface area contributed by atoms with Gasteiger partial charge >= 0.3 is 0 Å². The van der Waals surface area contributed by atoms with Crippen molar-refractivity contribution in [2.24, 2.45) is 10.7 Å². The van der Waals surface area contributed by atoms with Gasteiger partial charge in [0.05, 0.1) is 18.2 Å². The van der Waals surface area contributed by atoms with Gasteiger partial charge in [-0.15, -0.1) is 0 Å². The van der Waals surface area contributed by atoms with Crippen molar-refractivity contribution in [3.05, 3.63) is 59.1 Å². The number of amidine groups is 1. The molecule has 1 unspecified atom stereocenters. The number of halogens is 2. The summed E-state index contributed by atoms with van der Waals surface area (Å²) in [6.45, 7) is 3.28. The van der Waals surface area contributed by atoms with Gasteiger partial charge in [0.1, 0.15) is 32.7 Å². The van der Waals surface area contributed by atoms with E-state index in [-0.39, 0.29) is 24.6 Å². The molecule has 11 heteroatoms. The second-order valence-electron chi connectivity index (χ2n) is 8.73. The average molecular weight is 492 g/mol. The second-order valence-corrected chi connectivity index (χ2v) is 11.9. The van der Waals surface area contributed by atoms with E-state index in [1.807, 2.05) is 0 Å². The van der Waals surface area contributed by atoms with Gasteiger partial charge in [0, 0.05) is 29.0 Å². The summed E-state index contributed by atoms with van der Waals surface area (Å²) in [4.78, 5) is 13.3. The largest absolute Gasteiger partial charge is 0.386 e. The van der Waals surface area contributed by atoms with E-state index < -0.39 is 31.9 Å². The van der Waals surface area contributed by atoms with E-state index in [2.05, 4.69) is 20.3 Å². The minimum atomic E-state index is -3.32. The zero-order valence-electron chi connectivity index (χ0n) is 17.9. The molecule has 5 N–H and O–H groups in total. The van der Waals surface area contributed by atoms with Crippen LogP contribution in [0.1, 0.15) is 19.4 Å². The fraction of sp³-hybridized carbons (Fsp3) is 0.318. The van der Waals surface area contributed by atoms with Crippen molar-refractivity contribution in [3.63, 3.8) is 0 Å². The number of nitrogens with zero attached hydrogens (tertiary/aromatic N) is 3. The second kappa shape index (κ2) is 7.51. The molecule has 3 aromatic rings. The predicted octanol–water partition coefficient (Wildman–Crippen LogP) is 4.66. The molecule has 0 aliphatic carbocycles. The van der Waals surface area contributed by atoms with Crippen LogP contribution in [0.25, 0.3) is 10.9 Å². The number of nitrogens with two attached hydrogens (primary N) is 1. The lowest BCUT2D eigenvalue weighted by atomic mass is 9.87. The van der Waals surface area contributed by atoms with Gasteiger partial charge in [0.25, 0.3) is 0 Å². The van der Waals surface area contributed by atoms with Gasteiger partial charge in [-0.05, 0) is 44.2 Å². The fourth-order valence-corrected chi connectivity index (χ4v) is 6.70. The molecular formula is C22H23ClFN5O3S. The summed E-state index contributed by atoms with van der Waals surface area (Å²) in [5.74, 6) is -0.0207. The highest BCUT2D eigenvalue weighted by Crippen LogP contribution is 2.66. The van der Waals surface area contributed by atoms with Crippen LogP contribution in [0.5, 0.6) is 0 Å². The maximum Gasteiger partial charge on any atom is 0.156 e. The summed E-state index contributed by atoms with van der Waals surface area (Å²) in [5.41, 5.74) is 6.13. The summed E-state index contributed by atoms with van der Waals surface area (Å²) in [6.07, 6.45) is 3.15. The molecule has 1 saturated heterocycles. The molecule has 1 fully saturated rings. The third-order valence-electron chi connectivity index (χ3n) is 6.47. The number of aliphatic imine (C=N–C) groups is 1. The van der Waals surface area contributed by atoms with Crippen molar-refractivity contribution in [1.29, 1.82) is 0 Å². The summed E-state index contributed by atoms with van der Waals surface area (Å²) >= 11 is 6.04. The van der Waals surface area contributed by atoms with Gasteiger partial charge in [0.2, 0.25) is 0 Å². The van der Waals surface area contributed by atoms with Crippen LogP contribution in [0.2, 0.25) is 5.02 Å². The Morgan fingerprint density at radius 2 is 2.03 bits per heavy atom. The number of fused-ring (bicyclic) bond motifs is 2. The summed E-state index contributed by atoms with van der Waals surface area (Å²) in [7, 11) is -3.32. The number of aromatic nitrogens is 2. The third kappa shape index (κ3) is 3.28. The normalized spacial score (nSPS) is 26.5. The number of ether oxygens (including phenoxy) is 1. The third-order valence-corrected chi connectivity index (χ3v) is 9.71. The number of hydrogen-bond donors (Lipinski definition) is 4. The molecule has 8 nitrogen and oxygen atoms in total. The summed E-state index contributed by atoms with van der Waals surface area (Å²) in [5, 5.41) is 3.64. The molecule has 4 heterocycles. The molecule has 0 spiro atoms. The summed E-state index contributed by atoms with van der Waals surface area (Å²) in [6, 6.07) is 8.01. The van der Waals surface area contributed by atoms with Crippen LogP contribution in [-0.2, 0) is 10.3 Å². The quantitative estimate of drug-likeness (QED) is 0.419. The number of anilines is 2. The van der Waals surface area contributed by atoms with Crippen LogP contribution < -0.4 is 11.1 Å². The Morgan fingerprint density at radius 3 is 2.82 bits per heavy atom. The van der Waals surface area contributed by atoms with Crippen molar-refractivity contribution in [3.8, 4) is 0 Å². The molecule has 2 aliphatic heterocycles. The Labute approximate surface area is 196 Å². The highest BCUT2D eigenvalue weighted by atomic mass is 35.5. The molecule has 174 valence electrons. The molecule has 0 saturated carbocycles. The molecule has 2 aromatic heterocycles. The average Bonchev–Trinajstić information content (AvgIpc) is 3.19. The number of hydrogen-bond acceptors (Lipinski definition) is 8. The first-order valence-electron chi connectivity index (χ1n) is 10.2. The lowest BCUT2D eigenvalue weighted by molar-refractivity contribution is 0.178. The SMILES string of the molecule is CC1(C)C(N)=NC2(c3cc(Nc4nccc5cc(Cl)cnc45)ccc3F)COC[C@@H]2S1(O)O. The van der Waals surface area contributed by atoms with E-state index in [1.165, 1.54) is 12.3 Å². The van der Waals surface area contributed by atoms with Gasteiger partial charge in [-0.3, -0.25) is 19.1 Å². The van der Waals surface area contributed by atoms with Crippen molar-refractivity contribution in [1.82, 2.24) is 9.97 Å². The molecule has 1 aromatic carbocycles. The monoisotopic (exact) mass is 491 g/mol. The first-order valence-corrected chi connectivity index (χ1v) is 12.2.